The van der Waals surface area contributed by atoms with E-state index in [1.165, 1.54) is 0 Å². The van der Waals surface area contributed by atoms with Gasteiger partial charge in [-0.15, -0.1) is 0 Å². The Morgan fingerprint density at radius 3 is 2.59 bits per heavy atom. The van der Waals surface area contributed by atoms with Crippen molar-refractivity contribution >= 4 is 12.2 Å². The van der Waals surface area contributed by atoms with Crippen LogP contribution in [-0.4, -0.2) is 21.1 Å². The van der Waals surface area contributed by atoms with Gasteiger partial charge in [-0.05, 0) is 26.2 Å². The van der Waals surface area contributed by atoms with Crippen LogP contribution in [0.15, 0.2) is 11.3 Å². The predicted molar refractivity (Wildman–Crippen MR) is 67.7 cm³/mol. The molecule has 0 radical (unpaired) electrons. The van der Waals surface area contributed by atoms with Gasteiger partial charge in [0.1, 0.15) is 12.1 Å². The van der Waals surface area contributed by atoms with Crippen molar-refractivity contribution in [3.05, 3.63) is 17.1 Å². The molecule has 0 spiro atoms. The number of rotatable bonds is 3. The topological polar surface area (TPSA) is 59.8 Å². The molecule has 0 unspecified atom stereocenters. The molecule has 1 aromatic heterocycles. The van der Waals surface area contributed by atoms with E-state index >= 15 is 0 Å². The molecular weight excluding hydrogens is 216 g/mol. The zero-order valence-electron chi connectivity index (χ0n) is 10.9. The number of nitrogens with zero attached hydrogens (tertiary/aromatic N) is 3. The average molecular weight is 236 g/mol. The van der Waals surface area contributed by atoms with E-state index in [-0.39, 0.29) is 0 Å². The standard InChI is InChI=1S/C10H14N4O.C2H6/c1-7-11-10(14(2)13-7)12-9-5-3-4-8(9)6-15;1-2/h6H,3-5H2,1-2H3,(H,11,12,13);1-2H3. The van der Waals surface area contributed by atoms with Crippen LogP contribution in [0.3, 0.4) is 0 Å². The Balaban J connectivity index is 0.000000686. The van der Waals surface area contributed by atoms with E-state index in [1.54, 1.807) is 4.68 Å². The Bertz CT molecular complexity index is 420. The highest BCUT2D eigenvalue weighted by Gasteiger charge is 2.15. The lowest BCUT2D eigenvalue weighted by Gasteiger charge is -2.05. The Hall–Kier alpha value is -1.65. The van der Waals surface area contributed by atoms with Gasteiger partial charge in [-0.3, -0.25) is 4.79 Å². The SMILES string of the molecule is CC.Cc1nc(NC2=C(C=O)CCC2)n(C)n1. The molecule has 5 heteroatoms. The Labute approximate surface area is 102 Å². The van der Waals surface area contributed by atoms with Gasteiger partial charge in [0.15, 0.2) is 0 Å². The zero-order valence-corrected chi connectivity index (χ0v) is 10.9. The highest BCUT2D eigenvalue weighted by Crippen LogP contribution is 2.25. The fourth-order valence-corrected chi connectivity index (χ4v) is 1.80. The second kappa shape index (κ2) is 6.18. The fraction of sp³-hybridized carbons (Fsp3) is 0.583. The second-order valence-electron chi connectivity index (χ2n) is 3.71. The van der Waals surface area contributed by atoms with E-state index in [4.69, 9.17) is 0 Å². The number of anilines is 1. The third kappa shape index (κ3) is 3.15. The van der Waals surface area contributed by atoms with E-state index < -0.39 is 0 Å². The van der Waals surface area contributed by atoms with Gasteiger partial charge >= 0.3 is 0 Å². The van der Waals surface area contributed by atoms with Crippen LogP contribution in [0, 0.1) is 6.92 Å². The maximum atomic E-state index is 10.8. The third-order valence-corrected chi connectivity index (χ3v) is 2.53. The van der Waals surface area contributed by atoms with Crippen LogP contribution in [-0.2, 0) is 11.8 Å². The number of aldehydes is 1. The lowest BCUT2D eigenvalue weighted by atomic mass is 10.2. The van der Waals surface area contributed by atoms with Crippen LogP contribution in [0.5, 0.6) is 0 Å². The van der Waals surface area contributed by atoms with Crippen molar-refractivity contribution in [2.45, 2.75) is 40.0 Å². The lowest BCUT2D eigenvalue weighted by molar-refractivity contribution is -0.105. The average Bonchev–Trinajstić information content (AvgIpc) is 2.89. The van der Waals surface area contributed by atoms with Gasteiger partial charge < -0.3 is 5.32 Å². The number of hydrogen-bond donors (Lipinski definition) is 1. The van der Waals surface area contributed by atoms with Crippen molar-refractivity contribution in [3.63, 3.8) is 0 Å². The summed E-state index contributed by atoms with van der Waals surface area (Å²) in [6, 6.07) is 0. The Morgan fingerprint density at radius 2 is 2.06 bits per heavy atom. The highest BCUT2D eigenvalue weighted by molar-refractivity contribution is 5.76. The maximum absolute atomic E-state index is 10.8. The molecule has 1 aliphatic carbocycles. The summed E-state index contributed by atoms with van der Waals surface area (Å²) in [5.74, 6) is 1.43. The van der Waals surface area contributed by atoms with Crippen LogP contribution >= 0.6 is 0 Å². The molecule has 0 amide bonds. The van der Waals surface area contributed by atoms with E-state index in [9.17, 15) is 4.79 Å². The molecule has 17 heavy (non-hydrogen) atoms. The summed E-state index contributed by atoms with van der Waals surface area (Å²) in [6.45, 7) is 5.84. The highest BCUT2D eigenvalue weighted by atomic mass is 16.1. The predicted octanol–water partition coefficient (Wildman–Crippen LogP) is 2.20. The number of carbonyl (C=O) groups excluding carboxylic acids is 1. The number of allylic oxidation sites excluding steroid dienone is 2. The molecule has 1 N–H and O–H groups in total. The summed E-state index contributed by atoms with van der Waals surface area (Å²) >= 11 is 0. The van der Waals surface area contributed by atoms with Gasteiger partial charge in [0.05, 0.1) is 0 Å². The van der Waals surface area contributed by atoms with Gasteiger partial charge in [0, 0.05) is 18.3 Å². The first kappa shape index (κ1) is 13.4. The first-order valence-corrected chi connectivity index (χ1v) is 6.02. The van der Waals surface area contributed by atoms with Crippen molar-refractivity contribution in [2.75, 3.05) is 5.32 Å². The lowest BCUT2D eigenvalue weighted by Crippen LogP contribution is -2.06. The van der Waals surface area contributed by atoms with Crippen molar-refractivity contribution < 1.29 is 4.79 Å². The summed E-state index contributed by atoms with van der Waals surface area (Å²) in [5.41, 5.74) is 1.84. The van der Waals surface area contributed by atoms with Crippen LogP contribution in [0.2, 0.25) is 0 Å². The normalized spacial score (nSPS) is 14.4. The largest absolute Gasteiger partial charge is 0.328 e. The first-order valence-electron chi connectivity index (χ1n) is 6.02. The van der Waals surface area contributed by atoms with E-state index in [1.807, 2.05) is 27.8 Å². The number of carbonyl (C=O) groups is 1. The molecule has 0 aliphatic heterocycles. The number of hydrogen-bond acceptors (Lipinski definition) is 4. The van der Waals surface area contributed by atoms with Crippen LogP contribution in [0.1, 0.15) is 38.9 Å². The monoisotopic (exact) mass is 236 g/mol. The minimum atomic E-state index is 0.698. The molecular formula is C12H20N4O. The van der Waals surface area contributed by atoms with Crippen molar-refractivity contribution in [3.8, 4) is 0 Å². The van der Waals surface area contributed by atoms with Gasteiger partial charge in [-0.25, -0.2) is 4.68 Å². The van der Waals surface area contributed by atoms with E-state index in [0.717, 1.165) is 42.6 Å². The molecule has 0 aromatic carbocycles. The third-order valence-electron chi connectivity index (χ3n) is 2.53. The minimum absolute atomic E-state index is 0.698. The van der Waals surface area contributed by atoms with Crippen molar-refractivity contribution in [1.29, 1.82) is 0 Å². The molecule has 1 aliphatic rings. The quantitative estimate of drug-likeness (QED) is 0.817. The molecule has 0 fully saturated rings. The van der Waals surface area contributed by atoms with E-state index in [0.29, 0.717) is 5.95 Å². The molecule has 94 valence electrons. The number of aryl methyl sites for hydroxylation is 2. The van der Waals surface area contributed by atoms with E-state index in [2.05, 4.69) is 15.4 Å². The Morgan fingerprint density at radius 1 is 1.35 bits per heavy atom. The molecule has 1 heterocycles. The van der Waals surface area contributed by atoms with Gasteiger partial charge in [0.2, 0.25) is 5.95 Å². The second-order valence-corrected chi connectivity index (χ2v) is 3.71. The summed E-state index contributed by atoms with van der Waals surface area (Å²) in [7, 11) is 1.83. The first-order chi connectivity index (χ1) is 8.20. The summed E-state index contributed by atoms with van der Waals surface area (Å²) < 4.78 is 1.68. The molecule has 5 nitrogen and oxygen atoms in total. The molecule has 2 rings (SSSR count). The van der Waals surface area contributed by atoms with Gasteiger partial charge in [-0.2, -0.15) is 10.1 Å². The molecule has 0 saturated carbocycles. The summed E-state index contributed by atoms with van der Waals surface area (Å²) in [4.78, 5) is 15.0. The van der Waals surface area contributed by atoms with Gasteiger partial charge in [-0.1, -0.05) is 13.8 Å². The van der Waals surface area contributed by atoms with Crippen LogP contribution in [0.4, 0.5) is 5.95 Å². The van der Waals surface area contributed by atoms with Crippen LogP contribution in [0.25, 0.3) is 0 Å². The summed E-state index contributed by atoms with van der Waals surface area (Å²) in [6.07, 6.45) is 3.74. The minimum Gasteiger partial charge on any atom is -0.328 e. The fourth-order valence-electron chi connectivity index (χ4n) is 1.80. The smallest absolute Gasteiger partial charge is 0.225 e. The van der Waals surface area contributed by atoms with Crippen molar-refractivity contribution in [1.82, 2.24) is 14.8 Å². The van der Waals surface area contributed by atoms with Crippen molar-refractivity contribution in [2.24, 2.45) is 7.05 Å². The molecule has 1 aromatic rings. The molecule has 0 saturated heterocycles. The van der Waals surface area contributed by atoms with Crippen LogP contribution < -0.4 is 5.32 Å². The maximum Gasteiger partial charge on any atom is 0.225 e. The summed E-state index contributed by atoms with van der Waals surface area (Å²) in [5, 5.41) is 7.30. The number of nitrogens with one attached hydrogen (secondary N) is 1. The molecule has 0 bridgehead atoms. The Kier molecular flexibility index (Phi) is 4.87. The zero-order chi connectivity index (χ0) is 12.8. The number of aromatic nitrogens is 3. The molecule has 0 atom stereocenters. The van der Waals surface area contributed by atoms with Gasteiger partial charge in [0.25, 0.3) is 0 Å².